The molecule has 2 N–H and O–H groups in total. The molecule has 42 heavy (non-hydrogen) atoms. The molecule has 0 bridgehead atoms. The molecule has 4 atom stereocenters. The number of imide groups is 1. The van der Waals surface area contributed by atoms with Crippen LogP contribution in [0.1, 0.15) is 66.1 Å². The number of ether oxygens (including phenoxy) is 3. The molecule has 1 aliphatic carbocycles. The molecule has 2 amide bonds. The lowest BCUT2D eigenvalue weighted by molar-refractivity contribution is -0.150. The third kappa shape index (κ3) is 4.80. The summed E-state index contributed by atoms with van der Waals surface area (Å²) in [6, 6.07) is 6.89. The number of halogens is 1. The molecule has 0 radical (unpaired) electrons. The van der Waals surface area contributed by atoms with Crippen molar-refractivity contribution in [1.82, 2.24) is 5.32 Å². The smallest absolute Gasteiger partial charge is 0.341 e. The highest BCUT2D eigenvalue weighted by atomic mass is 35.5. The van der Waals surface area contributed by atoms with Crippen molar-refractivity contribution in [3.63, 3.8) is 0 Å². The lowest BCUT2D eigenvalue weighted by Crippen LogP contribution is -2.57. The third-order valence-electron chi connectivity index (χ3n) is 9.07. The lowest BCUT2D eigenvalue weighted by atomic mass is 9.72. The Bertz CT molecular complexity index is 1440. The predicted octanol–water partition coefficient (Wildman–Crippen LogP) is 4.70. The van der Waals surface area contributed by atoms with Crippen LogP contribution in [0, 0.1) is 24.7 Å². The Balaban J connectivity index is 1.72. The average Bonchev–Trinajstić information content (AvgIpc) is 3.47. The van der Waals surface area contributed by atoms with Crippen molar-refractivity contribution in [1.29, 1.82) is 0 Å². The number of rotatable bonds is 8. The van der Waals surface area contributed by atoms with Crippen molar-refractivity contribution in [2.24, 2.45) is 17.8 Å². The zero-order valence-corrected chi connectivity index (χ0v) is 24.8. The lowest BCUT2D eigenvalue weighted by Gasteiger charge is -2.35. The Kier molecular flexibility index (Phi) is 8.22. The number of carbonyl (C=O) groups is 4. The van der Waals surface area contributed by atoms with E-state index >= 15 is 0 Å². The van der Waals surface area contributed by atoms with Gasteiger partial charge in [0.1, 0.15) is 22.6 Å². The summed E-state index contributed by atoms with van der Waals surface area (Å²) in [7, 11) is 4.05. The first-order chi connectivity index (χ1) is 20.1. The summed E-state index contributed by atoms with van der Waals surface area (Å²) in [6.07, 6.45) is 4.84. The van der Waals surface area contributed by atoms with Crippen molar-refractivity contribution in [3.05, 3.63) is 52.0 Å². The first-order valence-corrected chi connectivity index (χ1v) is 14.4. The normalized spacial score (nSPS) is 25.8. The van der Waals surface area contributed by atoms with Crippen LogP contribution in [0.25, 0.3) is 0 Å². The number of hydrogen-bond acceptors (Lipinski definition) is 8. The first-order valence-electron chi connectivity index (χ1n) is 14.1. The van der Waals surface area contributed by atoms with Crippen LogP contribution in [0.3, 0.4) is 0 Å². The minimum Gasteiger partial charge on any atom is -0.497 e. The molecule has 0 spiro atoms. The fourth-order valence-corrected chi connectivity index (χ4v) is 7.19. The average molecular weight is 599 g/mol. The van der Waals surface area contributed by atoms with E-state index in [1.165, 1.54) is 33.5 Å². The number of esters is 1. The number of carbonyl (C=O) groups excluding carboxylic acids is 3. The van der Waals surface area contributed by atoms with Gasteiger partial charge in [-0.05, 0) is 48.6 Å². The van der Waals surface area contributed by atoms with Gasteiger partial charge in [0.2, 0.25) is 11.8 Å². The van der Waals surface area contributed by atoms with Gasteiger partial charge in [0.05, 0.1) is 38.9 Å². The van der Waals surface area contributed by atoms with Crippen LogP contribution in [0.5, 0.6) is 11.5 Å². The standard InChI is InChI=1S/C31H35ClN2O8/c1-16-10-11-18(12-21(16)32)34-27(35)24-25(28(34)36)31(30(38)39,15-17-8-6-5-7-9-17)33-26(24)20-13-19(40-2)14-22(41-3)23(20)29(37)42-4/h10-14,17,24-26,33H,5-9,15H2,1-4H3,(H,38,39). The molecule has 2 saturated heterocycles. The maximum atomic E-state index is 14.3. The zero-order valence-electron chi connectivity index (χ0n) is 24.1. The minimum absolute atomic E-state index is 0.0213. The maximum absolute atomic E-state index is 14.3. The van der Waals surface area contributed by atoms with Crippen molar-refractivity contribution >= 4 is 41.0 Å². The monoisotopic (exact) mass is 598 g/mol. The van der Waals surface area contributed by atoms with Crippen molar-refractivity contribution in [3.8, 4) is 11.5 Å². The first kappa shape index (κ1) is 29.8. The highest BCUT2D eigenvalue weighted by molar-refractivity contribution is 6.32. The number of methoxy groups -OCH3 is 3. The number of nitrogens with one attached hydrogen (secondary N) is 1. The van der Waals surface area contributed by atoms with Gasteiger partial charge >= 0.3 is 11.9 Å². The number of fused-ring (bicyclic) bond motifs is 1. The number of anilines is 1. The van der Waals surface area contributed by atoms with Crippen molar-refractivity contribution in [2.75, 3.05) is 26.2 Å². The molecule has 10 nitrogen and oxygen atoms in total. The molecule has 2 aromatic rings. The van der Waals surface area contributed by atoms with E-state index in [0.29, 0.717) is 10.8 Å². The second-order valence-electron chi connectivity index (χ2n) is 11.3. The molecule has 4 unspecified atom stereocenters. The number of carboxylic acids is 1. The molecule has 224 valence electrons. The predicted molar refractivity (Wildman–Crippen MR) is 154 cm³/mol. The van der Waals surface area contributed by atoms with Crippen LogP contribution in [-0.2, 0) is 19.1 Å². The summed E-state index contributed by atoms with van der Waals surface area (Å²) in [5.41, 5.74) is -0.459. The van der Waals surface area contributed by atoms with Crippen LogP contribution in [0.4, 0.5) is 5.69 Å². The number of benzene rings is 2. The molecular formula is C31H35ClN2O8. The van der Waals surface area contributed by atoms with Crippen molar-refractivity contribution < 1.29 is 38.5 Å². The quantitative estimate of drug-likeness (QED) is 0.328. The Hall–Kier alpha value is -3.63. The highest BCUT2D eigenvalue weighted by Crippen LogP contribution is 2.54. The fourth-order valence-electron chi connectivity index (χ4n) is 7.02. The van der Waals surface area contributed by atoms with Crippen LogP contribution in [0.15, 0.2) is 30.3 Å². The summed E-state index contributed by atoms with van der Waals surface area (Å²) < 4.78 is 16.0. The van der Waals surface area contributed by atoms with Gasteiger partial charge in [0.25, 0.3) is 0 Å². The number of nitrogens with zero attached hydrogens (tertiary/aromatic N) is 1. The summed E-state index contributed by atoms with van der Waals surface area (Å²) in [6.45, 7) is 1.80. The van der Waals surface area contributed by atoms with Crippen LogP contribution < -0.4 is 19.7 Å². The van der Waals surface area contributed by atoms with Gasteiger partial charge in [-0.25, -0.2) is 9.69 Å². The summed E-state index contributed by atoms with van der Waals surface area (Å²) in [4.78, 5) is 56.0. The Labute approximate surface area is 249 Å². The number of aliphatic carboxylic acids is 1. The topological polar surface area (TPSA) is 131 Å². The number of aryl methyl sites for hydroxylation is 1. The molecule has 11 heteroatoms. The fraction of sp³-hybridized carbons (Fsp3) is 0.484. The van der Waals surface area contributed by atoms with Crippen LogP contribution in [-0.4, -0.2) is 55.7 Å². The van der Waals surface area contributed by atoms with E-state index in [9.17, 15) is 24.3 Å². The molecule has 3 fully saturated rings. The minimum atomic E-state index is -1.77. The molecule has 1 saturated carbocycles. The van der Waals surface area contributed by atoms with Crippen LogP contribution in [0.2, 0.25) is 5.02 Å². The molecule has 0 aromatic heterocycles. The van der Waals surface area contributed by atoms with E-state index in [4.69, 9.17) is 25.8 Å². The van der Waals surface area contributed by atoms with Crippen LogP contribution >= 0.6 is 11.6 Å². The third-order valence-corrected chi connectivity index (χ3v) is 9.48. The molecule has 3 aliphatic rings. The second kappa shape index (κ2) is 11.6. The van der Waals surface area contributed by atoms with Gasteiger partial charge < -0.3 is 19.3 Å². The Morgan fingerprint density at radius 3 is 2.36 bits per heavy atom. The molecule has 2 aromatic carbocycles. The Morgan fingerprint density at radius 1 is 1.05 bits per heavy atom. The van der Waals surface area contributed by atoms with E-state index in [1.54, 1.807) is 25.1 Å². The molecule has 2 heterocycles. The largest absolute Gasteiger partial charge is 0.497 e. The van der Waals surface area contributed by atoms with Gasteiger partial charge in [0, 0.05) is 17.1 Å². The van der Waals surface area contributed by atoms with E-state index in [0.717, 1.165) is 42.6 Å². The number of amides is 2. The number of hydrogen-bond donors (Lipinski definition) is 2. The van der Waals surface area contributed by atoms with E-state index in [1.807, 2.05) is 0 Å². The highest BCUT2D eigenvalue weighted by Gasteiger charge is 2.69. The van der Waals surface area contributed by atoms with Gasteiger partial charge in [-0.2, -0.15) is 0 Å². The second-order valence-corrected chi connectivity index (χ2v) is 11.7. The van der Waals surface area contributed by atoms with E-state index in [-0.39, 0.29) is 34.9 Å². The summed E-state index contributed by atoms with van der Waals surface area (Å²) >= 11 is 6.37. The van der Waals surface area contributed by atoms with Gasteiger partial charge in [-0.3, -0.25) is 19.7 Å². The molecule has 5 rings (SSSR count). The maximum Gasteiger partial charge on any atom is 0.341 e. The molecular weight excluding hydrogens is 564 g/mol. The SMILES string of the molecule is COC(=O)c1c(OC)cc(OC)cc1C1NC(CC2CCCCC2)(C(=O)O)C2C(=O)N(c3ccc(C)c(Cl)c3)C(=O)C12. The molecule has 2 aliphatic heterocycles. The summed E-state index contributed by atoms with van der Waals surface area (Å²) in [5.74, 6) is -5.02. The van der Waals surface area contributed by atoms with Gasteiger partial charge in [0.15, 0.2) is 0 Å². The van der Waals surface area contributed by atoms with Gasteiger partial charge in [-0.1, -0.05) is 49.8 Å². The van der Waals surface area contributed by atoms with E-state index < -0.39 is 47.2 Å². The van der Waals surface area contributed by atoms with Crippen molar-refractivity contribution in [2.45, 2.75) is 57.0 Å². The van der Waals surface area contributed by atoms with Gasteiger partial charge in [-0.15, -0.1) is 0 Å². The summed E-state index contributed by atoms with van der Waals surface area (Å²) in [5, 5.41) is 14.5. The zero-order chi connectivity index (χ0) is 30.3. The van der Waals surface area contributed by atoms with E-state index in [2.05, 4.69) is 5.32 Å². The number of carboxylic acid groups (broad SMARTS) is 1. The Morgan fingerprint density at radius 2 is 1.76 bits per heavy atom.